The van der Waals surface area contributed by atoms with Crippen LogP contribution in [0.15, 0.2) is 42.5 Å². The van der Waals surface area contributed by atoms with Crippen LogP contribution in [0.1, 0.15) is 18.5 Å². The Morgan fingerprint density at radius 3 is 2.32 bits per heavy atom. The third-order valence-corrected chi connectivity index (χ3v) is 3.95. The maximum absolute atomic E-state index is 14.5. The lowest BCUT2D eigenvalue weighted by atomic mass is 9.97. The summed E-state index contributed by atoms with van der Waals surface area (Å²) in [6.45, 7) is 1.66. The molecule has 22 heavy (non-hydrogen) atoms. The Morgan fingerprint density at radius 2 is 1.73 bits per heavy atom. The van der Waals surface area contributed by atoms with E-state index in [1.807, 2.05) is 6.07 Å². The van der Waals surface area contributed by atoms with E-state index < -0.39 is 29.9 Å². The van der Waals surface area contributed by atoms with E-state index in [0.717, 1.165) is 0 Å². The fourth-order valence-corrected chi connectivity index (χ4v) is 2.83. The van der Waals surface area contributed by atoms with E-state index in [-0.39, 0.29) is 11.1 Å². The van der Waals surface area contributed by atoms with Crippen LogP contribution in [0, 0.1) is 11.6 Å². The summed E-state index contributed by atoms with van der Waals surface area (Å²) < 4.78 is 34.0. The second-order valence-corrected chi connectivity index (χ2v) is 5.34. The Morgan fingerprint density at radius 1 is 1.05 bits per heavy atom. The maximum Gasteiger partial charge on any atom is 0.410 e. The lowest BCUT2D eigenvalue weighted by molar-refractivity contribution is 0.138. The number of amides is 1. The summed E-state index contributed by atoms with van der Waals surface area (Å²) in [5.41, 5.74) is 0.922. The van der Waals surface area contributed by atoms with Gasteiger partial charge in [-0.3, -0.25) is 0 Å². The lowest BCUT2D eigenvalue weighted by Gasteiger charge is -2.21. The predicted molar refractivity (Wildman–Crippen MR) is 78.2 cm³/mol. The monoisotopic (exact) mass is 303 g/mol. The quantitative estimate of drug-likeness (QED) is 0.834. The van der Waals surface area contributed by atoms with Gasteiger partial charge < -0.3 is 9.64 Å². The van der Waals surface area contributed by atoms with Crippen LogP contribution in [0.25, 0.3) is 11.1 Å². The minimum atomic E-state index is -0.941. The first kappa shape index (κ1) is 14.5. The molecule has 1 aliphatic heterocycles. The number of benzene rings is 2. The molecule has 3 rings (SSSR count). The average Bonchev–Trinajstić information content (AvgIpc) is 2.76. The van der Waals surface area contributed by atoms with Crippen molar-refractivity contribution in [3.63, 3.8) is 0 Å². The highest BCUT2D eigenvalue weighted by Gasteiger charge is 2.39. The zero-order valence-electron chi connectivity index (χ0n) is 12.2. The number of carbonyl (C=O) groups excluding carboxylic acids is 1. The van der Waals surface area contributed by atoms with Crippen LogP contribution in [-0.2, 0) is 4.74 Å². The molecule has 2 atom stereocenters. The zero-order valence-corrected chi connectivity index (χ0v) is 12.2. The standard InChI is InChI=1S/C17H15F2NO2/c1-10-16(20(2)17(21)22-10)13-9-8-12(14(18)15(13)19)11-6-4-3-5-7-11/h3-10,16H,1-2H3. The number of halogens is 2. The van der Waals surface area contributed by atoms with Gasteiger partial charge in [0.05, 0.1) is 6.04 Å². The first-order valence-corrected chi connectivity index (χ1v) is 6.97. The van der Waals surface area contributed by atoms with E-state index >= 15 is 0 Å². The summed E-state index contributed by atoms with van der Waals surface area (Å²) in [4.78, 5) is 12.8. The largest absolute Gasteiger partial charge is 0.444 e. The molecule has 0 radical (unpaired) electrons. The van der Waals surface area contributed by atoms with Crippen molar-refractivity contribution < 1.29 is 18.3 Å². The van der Waals surface area contributed by atoms with Gasteiger partial charge in [0.2, 0.25) is 0 Å². The molecule has 3 nitrogen and oxygen atoms in total. The van der Waals surface area contributed by atoms with Crippen molar-refractivity contribution in [2.24, 2.45) is 0 Å². The van der Waals surface area contributed by atoms with Crippen molar-refractivity contribution in [1.82, 2.24) is 4.90 Å². The van der Waals surface area contributed by atoms with Crippen molar-refractivity contribution in [2.45, 2.75) is 19.1 Å². The number of rotatable bonds is 2. The van der Waals surface area contributed by atoms with Crippen molar-refractivity contribution >= 4 is 6.09 Å². The minimum Gasteiger partial charge on any atom is -0.444 e. The first-order chi connectivity index (χ1) is 10.5. The molecule has 114 valence electrons. The van der Waals surface area contributed by atoms with Gasteiger partial charge in [0.15, 0.2) is 11.6 Å². The third-order valence-electron chi connectivity index (χ3n) is 3.95. The van der Waals surface area contributed by atoms with Crippen molar-refractivity contribution in [2.75, 3.05) is 7.05 Å². The van der Waals surface area contributed by atoms with E-state index in [9.17, 15) is 13.6 Å². The number of nitrogens with zero attached hydrogens (tertiary/aromatic N) is 1. The highest BCUT2D eigenvalue weighted by Crippen LogP contribution is 2.36. The smallest absolute Gasteiger partial charge is 0.410 e. The molecule has 1 heterocycles. The van der Waals surface area contributed by atoms with Crippen LogP contribution >= 0.6 is 0 Å². The Labute approximate surface area is 127 Å². The Bertz CT molecular complexity index is 718. The van der Waals surface area contributed by atoms with Crippen LogP contribution in [0.5, 0.6) is 0 Å². The summed E-state index contributed by atoms with van der Waals surface area (Å²) in [5, 5.41) is 0. The molecular formula is C17H15F2NO2. The van der Waals surface area contributed by atoms with Crippen LogP contribution < -0.4 is 0 Å². The van der Waals surface area contributed by atoms with Crippen molar-refractivity contribution in [3.8, 4) is 11.1 Å². The molecule has 0 spiro atoms. The van der Waals surface area contributed by atoms with E-state index in [1.165, 1.54) is 24.1 Å². The molecule has 1 saturated heterocycles. The lowest BCUT2D eigenvalue weighted by Crippen LogP contribution is -2.25. The number of cyclic esters (lactones) is 1. The third kappa shape index (κ3) is 2.22. The average molecular weight is 303 g/mol. The van der Waals surface area contributed by atoms with Gasteiger partial charge in [-0.2, -0.15) is 0 Å². The molecular weight excluding hydrogens is 288 g/mol. The molecule has 2 aromatic carbocycles. The summed E-state index contributed by atoms with van der Waals surface area (Å²) in [5.74, 6) is -1.85. The molecule has 0 bridgehead atoms. The zero-order chi connectivity index (χ0) is 15.9. The fourth-order valence-electron chi connectivity index (χ4n) is 2.83. The Balaban J connectivity index is 2.06. The number of hydrogen-bond donors (Lipinski definition) is 0. The normalized spacial score (nSPS) is 21.1. The van der Waals surface area contributed by atoms with Crippen LogP contribution in [0.3, 0.4) is 0 Å². The fraction of sp³-hybridized carbons (Fsp3) is 0.235. The van der Waals surface area contributed by atoms with Crippen LogP contribution in [0.2, 0.25) is 0 Å². The second-order valence-electron chi connectivity index (χ2n) is 5.34. The van der Waals surface area contributed by atoms with Gasteiger partial charge in [0.25, 0.3) is 0 Å². The molecule has 0 N–H and O–H groups in total. The molecule has 0 aromatic heterocycles. The number of hydrogen-bond acceptors (Lipinski definition) is 2. The molecule has 1 fully saturated rings. The highest BCUT2D eigenvalue weighted by molar-refractivity contribution is 5.71. The molecule has 1 amide bonds. The Hall–Kier alpha value is -2.43. The first-order valence-electron chi connectivity index (χ1n) is 6.97. The topological polar surface area (TPSA) is 29.5 Å². The summed E-state index contributed by atoms with van der Waals surface area (Å²) in [7, 11) is 1.51. The Kier molecular flexibility index (Phi) is 3.56. The van der Waals surface area contributed by atoms with Gasteiger partial charge in [0.1, 0.15) is 6.10 Å². The van der Waals surface area contributed by atoms with Gasteiger partial charge >= 0.3 is 6.09 Å². The number of ether oxygens (including phenoxy) is 1. The molecule has 0 saturated carbocycles. The molecule has 2 unspecified atom stereocenters. The van der Waals surface area contributed by atoms with Gasteiger partial charge in [-0.25, -0.2) is 13.6 Å². The molecule has 5 heteroatoms. The summed E-state index contributed by atoms with van der Waals surface area (Å²) in [6, 6.07) is 11.2. The van der Waals surface area contributed by atoms with E-state index in [4.69, 9.17) is 4.74 Å². The van der Waals surface area contributed by atoms with Gasteiger partial charge in [-0.05, 0) is 12.5 Å². The van der Waals surface area contributed by atoms with Gasteiger partial charge in [-0.1, -0.05) is 42.5 Å². The van der Waals surface area contributed by atoms with E-state index in [0.29, 0.717) is 5.56 Å². The molecule has 2 aromatic rings. The summed E-state index contributed by atoms with van der Waals surface area (Å²) in [6.07, 6.45) is -1.07. The second kappa shape index (κ2) is 5.40. The SMILES string of the molecule is CC1OC(=O)N(C)C1c1ccc(-c2ccccc2)c(F)c1F. The summed E-state index contributed by atoms with van der Waals surface area (Å²) >= 11 is 0. The molecule has 0 aliphatic carbocycles. The van der Waals surface area contributed by atoms with Crippen molar-refractivity contribution in [3.05, 3.63) is 59.7 Å². The van der Waals surface area contributed by atoms with Gasteiger partial charge in [-0.15, -0.1) is 0 Å². The number of carbonyl (C=O) groups is 1. The van der Waals surface area contributed by atoms with Crippen LogP contribution in [0.4, 0.5) is 13.6 Å². The van der Waals surface area contributed by atoms with Crippen LogP contribution in [-0.4, -0.2) is 24.1 Å². The van der Waals surface area contributed by atoms with Crippen molar-refractivity contribution in [1.29, 1.82) is 0 Å². The predicted octanol–water partition coefficient (Wildman–Crippen LogP) is 4.14. The number of likely N-dealkylation sites (N-methyl/N-ethyl adjacent to an activating group) is 1. The van der Waals surface area contributed by atoms with E-state index in [1.54, 1.807) is 31.2 Å². The maximum atomic E-state index is 14.5. The van der Waals surface area contributed by atoms with Gasteiger partial charge in [0, 0.05) is 18.2 Å². The minimum absolute atomic E-state index is 0.123. The molecule has 1 aliphatic rings. The van der Waals surface area contributed by atoms with E-state index in [2.05, 4.69) is 0 Å². The highest BCUT2D eigenvalue weighted by atomic mass is 19.2.